The van der Waals surface area contributed by atoms with Gasteiger partial charge in [0.05, 0.1) is 16.9 Å². The number of fused-ring (bicyclic) bond motifs is 1. The Bertz CT molecular complexity index is 909. The Morgan fingerprint density at radius 3 is 2.62 bits per heavy atom. The van der Waals surface area contributed by atoms with Crippen LogP contribution in [-0.2, 0) is 15.6 Å². The summed E-state index contributed by atoms with van der Waals surface area (Å²) in [7, 11) is -3.12. The monoisotopic (exact) mass is 342 g/mol. The van der Waals surface area contributed by atoms with Gasteiger partial charge in [-0.05, 0) is 24.1 Å². The standard InChI is InChI=1S/C17H18N4O2S/c22-24(23,12-14-6-2-1-3-7-14)11-5-10-19-17-15-8-4-9-18-16(15)20-13-21-17/h1-4,6-9,13H,5,10-12H2,(H,18,19,20,21). The van der Waals surface area contributed by atoms with Crippen LogP contribution in [0.5, 0.6) is 0 Å². The first-order valence-electron chi connectivity index (χ1n) is 7.68. The predicted molar refractivity (Wildman–Crippen MR) is 94.4 cm³/mol. The molecule has 0 spiro atoms. The molecule has 3 rings (SSSR count). The molecule has 2 heterocycles. The van der Waals surface area contributed by atoms with Gasteiger partial charge in [-0.2, -0.15) is 0 Å². The number of rotatable bonds is 7. The Morgan fingerprint density at radius 2 is 1.79 bits per heavy atom. The molecule has 0 aliphatic carbocycles. The fourth-order valence-electron chi connectivity index (χ4n) is 2.44. The summed E-state index contributed by atoms with van der Waals surface area (Å²) in [4.78, 5) is 12.5. The quantitative estimate of drug-likeness (QED) is 0.664. The second kappa shape index (κ2) is 7.35. The van der Waals surface area contributed by atoms with Crippen LogP contribution in [0.25, 0.3) is 11.0 Å². The van der Waals surface area contributed by atoms with E-state index in [1.807, 2.05) is 42.5 Å². The van der Waals surface area contributed by atoms with Gasteiger partial charge in [0.25, 0.3) is 0 Å². The summed E-state index contributed by atoms with van der Waals surface area (Å²) in [5.74, 6) is 0.887. The Kier molecular flexibility index (Phi) is 5.00. The van der Waals surface area contributed by atoms with E-state index < -0.39 is 9.84 Å². The molecule has 0 bridgehead atoms. The minimum atomic E-state index is -3.12. The minimum absolute atomic E-state index is 0.0776. The zero-order chi connectivity index (χ0) is 16.8. The van der Waals surface area contributed by atoms with Gasteiger partial charge >= 0.3 is 0 Å². The van der Waals surface area contributed by atoms with Crippen molar-refractivity contribution in [3.05, 3.63) is 60.6 Å². The highest BCUT2D eigenvalue weighted by Gasteiger charge is 2.11. The number of anilines is 1. The number of benzene rings is 1. The highest BCUT2D eigenvalue weighted by molar-refractivity contribution is 7.90. The normalized spacial score (nSPS) is 11.5. The van der Waals surface area contributed by atoms with Gasteiger partial charge in [0.2, 0.25) is 0 Å². The molecule has 1 aromatic carbocycles. The van der Waals surface area contributed by atoms with Crippen LogP contribution in [0.1, 0.15) is 12.0 Å². The van der Waals surface area contributed by atoms with Crippen LogP contribution in [0.3, 0.4) is 0 Å². The smallest absolute Gasteiger partial charge is 0.164 e. The fraction of sp³-hybridized carbons (Fsp3) is 0.235. The molecule has 0 atom stereocenters. The van der Waals surface area contributed by atoms with Gasteiger partial charge in [0.15, 0.2) is 15.5 Å². The number of aromatic nitrogens is 3. The van der Waals surface area contributed by atoms with Gasteiger partial charge in [-0.15, -0.1) is 0 Å². The van der Waals surface area contributed by atoms with Crippen molar-refractivity contribution in [2.24, 2.45) is 0 Å². The summed E-state index contributed by atoms with van der Waals surface area (Å²) in [6, 6.07) is 12.9. The van der Waals surface area contributed by atoms with Crippen molar-refractivity contribution >= 4 is 26.7 Å². The third-order valence-electron chi connectivity index (χ3n) is 3.56. The number of pyridine rings is 1. The molecule has 0 unspecified atom stereocenters. The Balaban J connectivity index is 1.55. The Labute approximate surface area is 140 Å². The SMILES string of the molecule is O=S(=O)(CCCNc1ncnc2ncccc12)Cc1ccccc1. The van der Waals surface area contributed by atoms with Crippen LogP contribution in [-0.4, -0.2) is 35.7 Å². The highest BCUT2D eigenvalue weighted by atomic mass is 32.2. The van der Waals surface area contributed by atoms with Crippen molar-refractivity contribution in [1.29, 1.82) is 0 Å². The number of hydrogen-bond donors (Lipinski definition) is 1. The van der Waals surface area contributed by atoms with Crippen molar-refractivity contribution < 1.29 is 8.42 Å². The van der Waals surface area contributed by atoms with Gasteiger partial charge in [-0.25, -0.2) is 23.4 Å². The molecule has 0 saturated heterocycles. The molecule has 7 heteroatoms. The van der Waals surface area contributed by atoms with E-state index in [0.29, 0.717) is 24.4 Å². The van der Waals surface area contributed by atoms with Crippen LogP contribution < -0.4 is 5.32 Å². The third-order valence-corrected chi connectivity index (χ3v) is 5.25. The zero-order valence-corrected chi connectivity index (χ0v) is 13.9. The molecule has 0 fully saturated rings. The largest absolute Gasteiger partial charge is 0.369 e. The molecule has 0 aliphatic rings. The van der Waals surface area contributed by atoms with E-state index in [0.717, 1.165) is 10.9 Å². The molecule has 0 amide bonds. The van der Waals surface area contributed by atoms with Gasteiger partial charge in [-0.1, -0.05) is 30.3 Å². The number of nitrogens with one attached hydrogen (secondary N) is 1. The summed E-state index contributed by atoms with van der Waals surface area (Å²) in [5, 5.41) is 3.99. The summed E-state index contributed by atoms with van der Waals surface area (Å²) in [6.45, 7) is 0.523. The average molecular weight is 342 g/mol. The summed E-state index contributed by atoms with van der Waals surface area (Å²) in [6.07, 6.45) is 3.64. The number of nitrogens with zero attached hydrogens (tertiary/aromatic N) is 3. The van der Waals surface area contributed by atoms with Crippen LogP contribution >= 0.6 is 0 Å². The lowest BCUT2D eigenvalue weighted by atomic mass is 10.2. The number of hydrogen-bond acceptors (Lipinski definition) is 6. The molecule has 0 aliphatic heterocycles. The van der Waals surface area contributed by atoms with Crippen LogP contribution in [0, 0.1) is 0 Å². The van der Waals surface area contributed by atoms with E-state index in [1.54, 1.807) is 6.20 Å². The number of sulfone groups is 1. The second-order valence-corrected chi connectivity index (χ2v) is 7.64. The van der Waals surface area contributed by atoms with E-state index in [4.69, 9.17) is 0 Å². The molecular weight excluding hydrogens is 324 g/mol. The van der Waals surface area contributed by atoms with Gasteiger partial charge in [0.1, 0.15) is 12.1 Å². The summed E-state index contributed by atoms with van der Waals surface area (Å²) >= 11 is 0. The van der Waals surface area contributed by atoms with Crippen LogP contribution in [0.2, 0.25) is 0 Å². The maximum Gasteiger partial charge on any atom is 0.164 e. The molecule has 3 aromatic rings. The molecule has 24 heavy (non-hydrogen) atoms. The first-order valence-corrected chi connectivity index (χ1v) is 9.50. The van der Waals surface area contributed by atoms with Crippen molar-refractivity contribution in [2.75, 3.05) is 17.6 Å². The first-order chi connectivity index (χ1) is 11.6. The second-order valence-electron chi connectivity index (χ2n) is 5.45. The van der Waals surface area contributed by atoms with Crippen LogP contribution in [0.4, 0.5) is 5.82 Å². The molecule has 6 nitrogen and oxygen atoms in total. The lowest BCUT2D eigenvalue weighted by Gasteiger charge is -2.08. The van der Waals surface area contributed by atoms with Crippen LogP contribution in [0.15, 0.2) is 55.0 Å². The van der Waals surface area contributed by atoms with E-state index in [-0.39, 0.29) is 11.5 Å². The van der Waals surface area contributed by atoms with E-state index in [2.05, 4.69) is 20.3 Å². The average Bonchev–Trinajstić information content (AvgIpc) is 2.59. The van der Waals surface area contributed by atoms with Gasteiger partial charge in [-0.3, -0.25) is 0 Å². The lowest BCUT2D eigenvalue weighted by Crippen LogP contribution is -2.14. The molecule has 124 valence electrons. The van der Waals surface area contributed by atoms with Gasteiger partial charge < -0.3 is 5.32 Å². The third kappa shape index (κ3) is 4.26. The molecule has 0 saturated carbocycles. The molecule has 2 aromatic heterocycles. The Morgan fingerprint density at radius 1 is 0.958 bits per heavy atom. The molecular formula is C17H18N4O2S. The maximum absolute atomic E-state index is 12.2. The molecule has 1 N–H and O–H groups in total. The van der Waals surface area contributed by atoms with Crippen molar-refractivity contribution in [3.8, 4) is 0 Å². The highest BCUT2D eigenvalue weighted by Crippen LogP contribution is 2.16. The topological polar surface area (TPSA) is 84.8 Å². The van der Waals surface area contributed by atoms with Crippen molar-refractivity contribution in [3.63, 3.8) is 0 Å². The summed E-state index contributed by atoms with van der Waals surface area (Å²) < 4.78 is 24.3. The van der Waals surface area contributed by atoms with Crippen molar-refractivity contribution in [1.82, 2.24) is 15.0 Å². The van der Waals surface area contributed by atoms with E-state index in [9.17, 15) is 8.42 Å². The Hall–Kier alpha value is -2.54. The maximum atomic E-state index is 12.2. The summed E-state index contributed by atoms with van der Waals surface area (Å²) in [5.41, 5.74) is 1.44. The molecule has 0 radical (unpaired) electrons. The minimum Gasteiger partial charge on any atom is -0.369 e. The lowest BCUT2D eigenvalue weighted by molar-refractivity contribution is 0.593. The van der Waals surface area contributed by atoms with Gasteiger partial charge in [0, 0.05) is 12.7 Å². The van der Waals surface area contributed by atoms with E-state index in [1.165, 1.54) is 6.33 Å². The van der Waals surface area contributed by atoms with E-state index >= 15 is 0 Å². The fourth-order valence-corrected chi connectivity index (χ4v) is 3.86. The predicted octanol–water partition coefficient (Wildman–Crippen LogP) is 2.44. The van der Waals surface area contributed by atoms with Crippen molar-refractivity contribution in [2.45, 2.75) is 12.2 Å². The zero-order valence-electron chi connectivity index (χ0n) is 13.1. The first kappa shape index (κ1) is 16.3.